The summed E-state index contributed by atoms with van der Waals surface area (Å²) < 4.78 is 40.1. The van der Waals surface area contributed by atoms with Crippen molar-refractivity contribution >= 4 is 5.97 Å². The molecule has 0 aromatic heterocycles. The van der Waals surface area contributed by atoms with E-state index in [1.807, 2.05) is 12.1 Å². The van der Waals surface area contributed by atoms with E-state index in [4.69, 9.17) is 9.47 Å². The Morgan fingerprint density at radius 1 is 0.690 bits per heavy atom. The minimum absolute atomic E-state index is 0.169. The summed E-state index contributed by atoms with van der Waals surface area (Å²) in [5.74, 6) is -1.43. The zero-order chi connectivity index (χ0) is 30.0. The molecule has 42 heavy (non-hydrogen) atoms. The second-order valence-electron chi connectivity index (χ2n) is 12.4. The molecule has 2 aromatic rings. The number of hydrogen-bond donors (Lipinski definition) is 0. The van der Waals surface area contributed by atoms with E-state index in [1.165, 1.54) is 114 Å². The molecule has 234 valence electrons. The van der Waals surface area contributed by atoms with E-state index < -0.39 is 23.2 Å². The topological polar surface area (TPSA) is 35.5 Å². The lowest BCUT2D eigenvalue weighted by Gasteiger charge is -2.28. The van der Waals surface area contributed by atoms with Crippen LogP contribution in [0.5, 0.6) is 11.5 Å². The van der Waals surface area contributed by atoms with Crippen molar-refractivity contribution in [3.05, 3.63) is 59.2 Å². The van der Waals surface area contributed by atoms with Crippen LogP contribution in [0.15, 0.2) is 36.4 Å². The molecule has 3 nitrogen and oxygen atoms in total. The first-order valence-electron chi connectivity index (χ1n) is 16.9. The fraction of sp³-hybridized carbons (Fsp3) is 0.649. The highest BCUT2D eigenvalue weighted by atomic mass is 19.2. The lowest BCUT2D eigenvalue weighted by molar-refractivity contribution is 0.0728. The zero-order valence-electron chi connectivity index (χ0n) is 26.2. The molecule has 1 aliphatic rings. The number of carbonyl (C=O) groups excluding carboxylic acids is 1. The van der Waals surface area contributed by atoms with Crippen LogP contribution in [0.3, 0.4) is 0 Å². The number of rotatable bonds is 20. The fourth-order valence-corrected chi connectivity index (χ4v) is 6.14. The first-order chi connectivity index (χ1) is 20.5. The maximum Gasteiger partial charge on any atom is 0.346 e. The molecule has 0 saturated heterocycles. The van der Waals surface area contributed by atoms with E-state index in [9.17, 15) is 13.6 Å². The lowest BCUT2D eigenvalue weighted by Crippen LogP contribution is -2.15. The molecule has 0 bridgehead atoms. The number of carbonyl (C=O) groups is 1. The highest BCUT2D eigenvalue weighted by molar-refractivity contribution is 5.91. The third kappa shape index (κ3) is 12.1. The number of unbranched alkanes of at least 4 members (excludes halogenated alkanes) is 10. The van der Waals surface area contributed by atoms with Crippen LogP contribution in [0.2, 0.25) is 0 Å². The average Bonchev–Trinajstić information content (AvgIpc) is 3.00. The van der Waals surface area contributed by atoms with Crippen LogP contribution in [0.1, 0.15) is 145 Å². The highest BCUT2D eigenvalue weighted by Crippen LogP contribution is 2.34. The van der Waals surface area contributed by atoms with Crippen molar-refractivity contribution in [2.24, 2.45) is 11.8 Å². The molecule has 3 rings (SSSR count). The van der Waals surface area contributed by atoms with Gasteiger partial charge < -0.3 is 9.47 Å². The molecule has 0 heterocycles. The Bertz CT molecular complexity index is 1030. The van der Waals surface area contributed by atoms with Crippen LogP contribution in [0.4, 0.5) is 8.78 Å². The summed E-state index contributed by atoms with van der Waals surface area (Å²) in [7, 11) is 0. The van der Waals surface area contributed by atoms with Gasteiger partial charge >= 0.3 is 5.97 Å². The number of halogens is 2. The van der Waals surface area contributed by atoms with Crippen molar-refractivity contribution < 1.29 is 23.0 Å². The van der Waals surface area contributed by atoms with Crippen molar-refractivity contribution in [1.29, 1.82) is 0 Å². The van der Waals surface area contributed by atoms with Gasteiger partial charge in [-0.05, 0) is 60.9 Å². The van der Waals surface area contributed by atoms with Crippen LogP contribution < -0.4 is 9.47 Å². The smallest absolute Gasteiger partial charge is 0.346 e. The second-order valence-corrected chi connectivity index (χ2v) is 12.4. The molecular weight excluding hydrogens is 530 g/mol. The Kier molecular flexibility index (Phi) is 16.0. The van der Waals surface area contributed by atoms with Crippen molar-refractivity contribution in [1.82, 2.24) is 0 Å². The summed E-state index contributed by atoms with van der Waals surface area (Å²) in [4.78, 5) is 12.6. The summed E-state index contributed by atoms with van der Waals surface area (Å²) >= 11 is 0. The predicted molar refractivity (Wildman–Crippen MR) is 168 cm³/mol. The van der Waals surface area contributed by atoms with Crippen LogP contribution in [-0.2, 0) is 6.42 Å². The molecule has 0 radical (unpaired) electrons. The van der Waals surface area contributed by atoms with E-state index in [-0.39, 0.29) is 5.75 Å². The van der Waals surface area contributed by atoms with Gasteiger partial charge in [0.1, 0.15) is 5.75 Å². The first kappa shape index (κ1) is 34.1. The minimum atomic E-state index is -1.23. The van der Waals surface area contributed by atoms with Gasteiger partial charge in [0.2, 0.25) is 5.82 Å². The molecule has 0 aliphatic heterocycles. The number of benzene rings is 2. The Balaban J connectivity index is 1.36. The van der Waals surface area contributed by atoms with Crippen molar-refractivity contribution in [3.63, 3.8) is 0 Å². The van der Waals surface area contributed by atoms with Gasteiger partial charge in [-0.3, -0.25) is 0 Å². The van der Waals surface area contributed by atoms with Crippen LogP contribution in [0.25, 0.3) is 0 Å². The molecule has 0 spiro atoms. The van der Waals surface area contributed by atoms with E-state index >= 15 is 0 Å². The highest BCUT2D eigenvalue weighted by Gasteiger charge is 2.22. The Labute approximate surface area is 253 Å². The van der Waals surface area contributed by atoms with E-state index in [1.54, 1.807) is 12.1 Å². The van der Waals surface area contributed by atoms with Crippen LogP contribution in [-0.4, -0.2) is 12.6 Å². The third-order valence-electron chi connectivity index (χ3n) is 8.93. The molecule has 5 heteroatoms. The normalized spacial score (nSPS) is 16.9. The molecular formula is C37H54F2O3. The second kappa shape index (κ2) is 19.7. The Hall–Kier alpha value is -2.43. The monoisotopic (exact) mass is 584 g/mol. The summed E-state index contributed by atoms with van der Waals surface area (Å²) in [6.45, 7) is 4.80. The largest absolute Gasteiger partial charge is 0.490 e. The third-order valence-corrected chi connectivity index (χ3v) is 8.93. The summed E-state index contributed by atoms with van der Waals surface area (Å²) in [6, 6.07) is 9.92. The van der Waals surface area contributed by atoms with Crippen LogP contribution >= 0.6 is 0 Å². The van der Waals surface area contributed by atoms with Crippen molar-refractivity contribution in [2.75, 3.05) is 6.61 Å². The summed E-state index contributed by atoms with van der Waals surface area (Å²) in [5, 5.41) is 0. The number of esters is 1. The molecule has 0 amide bonds. The minimum Gasteiger partial charge on any atom is -0.490 e. The average molecular weight is 585 g/mol. The molecule has 1 fully saturated rings. The predicted octanol–water partition coefficient (Wildman–Crippen LogP) is 11.4. The fourth-order valence-electron chi connectivity index (χ4n) is 6.14. The van der Waals surface area contributed by atoms with Gasteiger partial charge in [-0.2, -0.15) is 4.39 Å². The molecule has 0 unspecified atom stereocenters. The number of hydrogen-bond acceptors (Lipinski definition) is 3. The maximum absolute atomic E-state index is 14.7. The molecule has 0 N–H and O–H groups in total. The summed E-state index contributed by atoms with van der Waals surface area (Å²) in [5.41, 5.74) is 0.767. The van der Waals surface area contributed by atoms with Gasteiger partial charge in [0.05, 0.1) is 12.2 Å². The molecule has 2 aromatic carbocycles. The standard InChI is InChI=1S/C37H54F2O3/c1-3-5-7-8-9-10-11-12-14-28-41-34-27-26-33(35(38)36(34)39)37(40)42-32-24-22-31(23-25-32)21-20-30-18-16-29(17-19-30)15-13-6-4-2/h22-27,29-30H,3-21,28H2,1-2H3/t29-,30-. The van der Waals surface area contributed by atoms with E-state index in [0.717, 1.165) is 37.5 Å². The quantitative estimate of drug-likeness (QED) is 0.0882. The number of aryl methyl sites for hydroxylation is 1. The van der Waals surface area contributed by atoms with Gasteiger partial charge in [-0.25, -0.2) is 9.18 Å². The Morgan fingerprint density at radius 3 is 1.90 bits per heavy atom. The van der Waals surface area contributed by atoms with Gasteiger partial charge in [-0.15, -0.1) is 0 Å². The SMILES string of the molecule is CCCCCCCCCCCOc1ccc(C(=O)Oc2ccc(CC[C@H]3CC[C@H](CCCCC)CC3)cc2)c(F)c1F. The number of ether oxygens (including phenoxy) is 2. The zero-order valence-corrected chi connectivity index (χ0v) is 26.2. The maximum atomic E-state index is 14.7. The first-order valence-corrected chi connectivity index (χ1v) is 16.9. The van der Waals surface area contributed by atoms with Crippen molar-refractivity contribution in [2.45, 2.75) is 136 Å². The van der Waals surface area contributed by atoms with Gasteiger partial charge in [0.15, 0.2) is 11.6 Å². The van der Waals surface area contributed by atoms with E-state index in [0.29, 0.717) is 12.4 Å². The van der Waals surface area contributed by atoms with Crippen LogP contribution in [0, 0.1) is 23.5 Å². The van der Waals surface area contributed by atoms with E-state index in [2.05, 4.69) is 13.8 Å². The summed E-state index contributed by atoms with van der Waals surface area (Å²) in [6.07, 6.45) is 23.5. The van der Waals surface area contributed by atoms with Gasteiger partial charge in [0.25, 0.3) is 0 Å². The van der Waals surface area contributed by atoms with Gasteiger partial charge in [-0.1, -0.05) is 129 Å². The lowest BCUT2D eigenvalue weighted by atomic mass is 9.78. The Morgan fingerprint density at radius 2 is 1.26 bits per heavy atom. The molecule has 1 saturated carbocycles. The van der Waals surface area contributed by atoms with Gasteiger partial charge in [0, 0.05) is 0 Å². The van der Waals surface area contributed by atoms with Crippen molar-refractivity contribution in [3.8, 4) is 11.5 Å². The molecule has 1 aliphatic carbocycles. The molecule has 0 atom stereocenters.